The van der Waals surface area contributed by atoms with Crippen molar-refractivity contribution >= 4 is 11.9 Å². The predicted molar refractivity (Wildman–Crippen MR) is 81.5 cm³/mol. The summed E-state index contributed by atoms with van der Waals surface area (Å²) in [5.41, 5.74) is 1.71. The largest absolute Gasteiger partial charge is 0.481 e. The van der Waals surface area contributed by atoms with E-state index in [9.17, 15) is 9.59 Å². The molecular weight excluding hydrogens is 266 g/mol. The van der Waals surface area contributed by atoms with Crippen LogP contribution in [0, 0.1) is 0 Å². The summed E-state index contributed by atoms with van der Waals surface area (Å²) >= 11 is 0. The first kappa shape index (κ1) is 15.5. The second-order valence-corrected chi connectivity index (χ2v) is 5.70. The highest BCUT2D eigenvalue weighted by Crippen LogP contribution is 2.25. The van der Waals surface area contributed by atoms with Crippen LogP contribution in [0.15, 0.2) is 24.3 Å². The van der Waals surface area contributed by atoms with Crippen LogP contribution in [0.5, 0.6) is 0 Å². The summed E-state index contributed by atoms with van der Waals surface area (Å²) in [5, 5.41) is 9.00. The van der Waals surface area contributed by atoms with E-state index >= 15 is 0 Å². The molecule has 1 amide bonds. The summed E-state index contributed by atoms with van der Waals surface area (Å²) in [5.74, 6) is -0.654. The van der Waals surface area contributed by atoms with Crippen LogP contribution in [0.1, 0.15) is 60.9 Å². The minimum absolute atomic E-state index is 0.0310. The van der Waals surface area contributed by atoms with Crippen molar-refractivity contribution in [3.63, 3.8) is 0 Å². The van der Waals surface area contributed by atoms with Crippen molar-refractivity contribution in [3.8, 4) is 0 Å². The summed E-state index contributed by atoms with van der Waals surface area (Å²) in [6, 6.07) is 7.49. The fraction of sp³-hybridized carbons (Fsp3) is 0.529. The summed E-state index contributed by atoms with van der Waals surface area (Å²) in [6.45, 7) is 3.75. The fourth-order valence-corrected chi connectivity index (χ4v) is 2.95. The molecule has 1 N–H and O–H groups in total. The number of hydrogen-bond acceptors (Lipinski definition) is 2. The molecule has 0 spiro atoms. The minimum atomic E-state index is -0.773. The number of carbonyl (C=O) groups excluding carboxylic acids is 1. The monoisotopic (exact) mass is 289 g/mol. The van der Waals surface area contributed by atoms with Crippen LogP contribution < -0.4 is 0 Å². The average Bonchev–Trinajstić information content (AvgIpc) is 3.00. The maximum Gasteiger partial charge on any atom is 0.303 e. The lowest BCUT2D eigenvalue weighted by Gasteiger charge is -2.17. The molecular formula is C17H23NO3. The van der Waals surface area contributed by atoms with Crippen molar-refractivity contribution in [2.45, 2.75) is 44.9 Å². The van der Waals surface area contributed by atoms with Crippen molar-refractivity contribution in [2.24, 2.45) is 0 Å². The van der Waals surface area contributed by atoms with E-state index in [-0.39, 0.29) is 18.2 Å². The minimum Gasteiger partial charge on any atom is -0.481 e. The first-order valence-corrected chi connectivity index (χ1v) is 7.73. The predicted octanol–water partition coefficient (Wildman–Crippen LogP) is 3.28. The molecule has 114 valence electrons. The van der Waals surface area contributed by atoms with Crippen LogP contribution in [0.3, 0.4) is 0 Å². The molecule has 1 aliphatic rings. The van der Waals surface area contributed by atoms with Gasteiger partial charge in [-0.15, -0.1) is 0 Å². The smallest absolute Gasteiger partial charge is 0.303 e. The average molecular weight is 289 g/mol. The van der Waals surface area contributed by atoms with Gasteiger partial charge in [-0.1, -0.05) is 25.5 Å². The van der Waals surface area contributed by atoms with Crippen LogP contribution in [-0.2, 0) is 4.79 Å². The number of rotatable bonds is 6. The third kappa shape index (κ3) is 4.06. The number of carboxylic acids is 1. The Morgan fingerprint density at radius 1 is 1.19 bits per heavy atom. The molecule has 0 aromatic heterocycles. The molecule has 0 bridgehead atoms. The first-order chi connectivity index (χ1) is 10.1. The van der Waals surface area contributed by atoms with Gasteiger partial charge in [0.25, 0.3) is 5.91 Å². The topological polar surface area (TPSA) is 57.6 Å². The second-order valence-electron chi connectivity index (χ2n) is 5.70. The molecule has 1 atom stereocenters. The van der Waals surface area contributed by atoms with Gasteiger partial charge in [0, 0.05) is 18.7 Å². The summed E-state index contributed by atoms with van der Waals surface area (Å²) in [6.07, 6.45) is 4.12. The number of aliphatic carboxylic acids is 1. The fourth-order valence-electron chi connectivity index (χ4n) is 2.95. The van der Waals surface area contributed by atoms with E-state index in [1.54, 1.807) is 0 Å². The van der Waals surface area contributed by atoms with E-state index in [1.807, 2.05) is 29.2 Å². The van der Waals surface area contributed by atoms with Gasteiger partial charge in [0.1, 0.15) is 0 Å². The summed E-state index contributed by atoms with van der Waals surface area (Å²) < 4.78 is 0. The van der Waals surface area contributed by atoms with Crippen molar-refractivity contribution in [3.05, 3.63) is 35.4 Å². The molecule has 21 heavy (non-hydrogen) atoms. The molecule has 1 aromatic carbocycles. The van der Waals surface area contributed by atoms with Gasteiger partial charge >= 0.3 is 5.97 Å². The third-order valence-corrected chi connectivity index (χ3v) is 4.08. The first-order valence-electron chi connectivity index (χ1n) is 7.73. The molecule has 1 fully saturated rings. The maximum absolute atomic E-state index is 12.3. The molecule has 0 aliphatic carbocycles. The molecule has 0 radical (unpaired) electrons. The Bertz CT molecular complexity index is 489. The zero-order valence-corrected chi connectivity index (χ0v) is 12.5. The molecule has 1 unspecified atom stereocenters. The van der Waals surface area contributed by atoms with Gasteiger partial charge in [-0.2, -0.15) is 0 Å². The summed E-state index contributed by atoms with van der Waals surface area (Å²) in [4.78, 5) is 25.1. The number of carboxylic acid groups (broad SMARTS) is 1. The highest BCUT2D eigenvalue weighted by Gasteiger charge is 2.20. The molecule has 4 heteroatoms. The summed E-state index contributed by atoms with van der Waals surface area (Å²) in [7, 11) is 0. The molecule has 2 rings (SSSR count). The number of benzene rings is 1. The Morgan fingerprint density at radius 2 is 1.81 bits per heavy atom. The van der Waals surface area contributed by atoms with Gasteiger partial charge in [0.2, 0.25) is 0 Å². The van der Waals surface area contributed by atoms with Crippen LogP contribution >= 0.6 is 0 Å². The van der Waals surface area contributed by atoms with Crippen molar-refractivity contribution in [1.82, 2.24) is 4.90 Å². The lowest BCUT2D eigenvalue weighted by molar-refractivity contribution is -0.137. The Morgan fingerprint density at radius 3 is 2.33 bits per heavy atom. The molecule has 1 heterocycles. The van der Waals surface area contributed by atoms with Crippen LogP contribution in [0.2, 0.25) is 0 Å². The number of carbonyl (C=O) groups is 2. The molecule has 1 aromatic rings. The van der Waals surface area contributed by atoms with E-state index < -0.39 is 5.97 Å². The zero-order valence-electron chi connectivity index (χ0n) is 12.5. The maximum atomic E-state index is 12.3. The standard InChI is InChI=1S/C17H23NO3/c1-2-5-15(12-16(19)20)13-6-8-14(9-7-13)17(21)18-10-3-4-11-18/h6-9,15H,2-5,10-12H2,1H3,(H,19,20). The van der Waals surface area contributed by atoms with Gasteiger partial charge in [-0.05, 0) is 42.9 Å². The Hall–Kier alpha value is -1.84. The van der Waals surface area contributed by atoms with E-state index in [0.29, 0.717) is 5.56 Å². The van der Waals surface area contributed by atoms with Gasteiger partial charge in [0.05, 0.1) is 6.42 Å². The van der Waals surface area contributed by atoms with Crippen molar-refractivity contribution in [1.29, 1.82) is 0 Å². The SMILES string of the molecule is CCCC(CC(=O)O)c1ccc(C(=O)N2CCCC2)cc1. The van der Waals surface area contributed by atoms with Gasteiger partial charge in [-0.25, -0.2) is 0 Å². The van der Waals surface area contributed by atoms with Gasteiger partial charge < -0.3 is 10.0 Å². The van der Waals surface area contributed by atoms with Crippen LogP contribution in [0.4, 0.5) is 0 Å². The Labute approximate surface area is 125 Å². The molecule has 4 nitrogen and oxygen atoms in total. The lowest BCUT2D eigenvalue weighted by Crippen LogP contribution is -2.27. The third-order valence-electron chi connectivity index (χ3n) is 4.08. The zero-order chi connectivity index (χ0) is 15.2. The van der Waals surface area contributed by atoms with E-state index in [1.165, 1.54) is 0 Å². The highest BCUT2D eigenvalue weighted by molar-refractivity contribution is 5.94. The molecule has 1 saturated heterocycles. The van der Waals surface area contributed by atoms with E-state index in [4.69, 9.17) is 5.11 Å². The number of amides is 1. The van der Waals surface area contributed by atoms with Gasteiger partial charge in [0.15, 0.2) is 0 Å². The van der Waals surface area contributed by atoms with Crippen LogP contribution in [-0.4, -0.2) is 35.0 Å². The number of nitrogens with zero attached hydrogens (tertiary/aromatic N) is 1. The quantitative estimate of drug-likeness (QED) is 0.874. The Kier molecular flexibility index (Phi) is 5.37. The van der Waals surface area contributed by atoms with Gasteiger partial charge in [-0.3, -0.25) is 9.59 Å². The van der Waals surface area contributed by atoms with Crippen LogP contribution in [0.25, 0.3) is 0 Å². The molecule has 1 aliphatic heterocycles. The lowest BCUT2D eigenvalue weighted by atomic mass is 9.91. The normalized spacial score (nSPS) is 16.0. The molecule has 0 saturated carbocycles. The van der Waals surface area contributed by atoms with E-state index in [2.05, 4.69) is 6.92 Å². The second kappa shape index (κ2) is 7.25. The highest BCUT2D eigenvalue weighted by atomic mass is 16.4. The van der Waals surface area contributed by atoms with E-state index in [0.717, 1.165) is 44.3 Å². The van der Waals surface area contributed by atoms with Crippen molar-refractivity contribution < 1.29 is 14.7 Å². The van der Waals surface area contributed by atoms with Crippen molar-refractivity contribution in [2.75, 3.05) is 13.1 Å². The number of likely N-dealkylation sites (tertiary alicyclic amines) is 1. The Balaban J connectivity index is 2.09. The number of hydrogen-bond donors (Lipinski definition) is 1.